The zero-order valence-electron chi connectivity index (χ0n) is 10.6. The van der Waals surface area contributed by atoms with Gasteiger partial charge < -0.3 is 4.74 Å². The average molecular weight is 254 g/mol. The highest BCUT2D eigenvalue weighted by Crippen LogP contribution is 2.37. The Labute approximate surface area is 111 Å². The zero-order chi connectivity index (χ0) is 12.9. The third-order valence-corrected chi connectivity index (χ3v) is 3.65. The van der Waals surface area contributed by atoms with Crippen molar-refractivity contribution in [3.05, 3.63) is 16.7 Å². The van der Waals surface area contributed by atoms with Gasteiger partial charge in [0, 0.05) is 4.90 Å². The molecule has 0 aliphatic rings. The highest BCUT2D eigenvalue weighted by Gasteiger charge is 2.14. The molecule has 0 N–H and O–H groups in total. The minimum Gasteiger partial charge on any atom is -0.495 e. The van der Waals surface area contributed by atoms with Crippen LogP contribution in [0.25, 0.3) is 0 Å². The lowest BCUT2D eigenvalue weighted by molar-refractivity contribution is 0.398. The number of thiol groups is 2. The molecule has 2 radical (unpaired) electrons. The summed E-state index contributed by atoms with van der Waals surface area (Å²) in [6.45, 7) is 8.03. The van der Waals surface area contributed by atoms with E-state index in [1.165, 1.54) is 0 Å². The van der Waals surface area contributed by atoms with Crippen LogP contribution in [-0.4, -0.2) is 15.0 Å². The van der Waals surface area contributed by atoms with Gasteiger partial charge in [0.25, 0.3) is 0 Å². The van der Waals surface area contributed by atoms with E-state index < -0.39 is 0 Å². The predicted molar refractivity (Wildman–Crippen MR) is 77.8 cm³/mol. The van der Waals surface area contributed by atoms with Gasteiger partial charge in [0.2, 0.25) is 0 Å². The standard InChI is InChI=1S/C10H13BOS2.C2H6/c1-5-6(2)9(13)10(14)8(12-3)7(5)4-11;1-2/h13-14H,4H2,1-3H3;1-2H3. The second-order valence-electron chi connectivity index (χ2n) is 3.16. The first-order valence-electron chi connectivity index (χ1n) is 5.32. The van der Waals surface area contributed by atoms with Gasteiger partial charge in [-0.05, 0) is 30.5 Å². The van der Waals surface area contributed by atoms with Crippen LogP contribution >= 0.6 is 25.3 Å². The molecule has 0 spiro atoms. The molecule has 0 aliphatic carbocycles. The largest absolute Gasteiger partial charge is 0.495 e. The molecule has 0 fully saturated rings. The normalized spacial score (nSPS) is 9.44. The lowest BCUT2D eigenvalue weighted by Crippen LogP contribution is -2.00. The summed E-state index contributed by atoms with van der Waals surface area (Å²) in [5.41, 5.74) is 3.25. The van der Waals surface area contributed by atoms with E-state index >= 15 is 0 Å². The fourth-order valence-electron chi connectivity index (χ4n) is 1.47. The van der Waals surface area contributed by atoms with Crippen LogP contribution in [0, 0.1) is 13.8 Å². The van der Waals surface area contributed by atoms with Gasteiger partial charge in [-0.15, -0.1) is 25.3 Å². The molecule has 1 aromatic carbocycles. The van der Waals surface area contributed by atoms with Gasteiger partial charge in [0.15, 0.2) is 0 Å². The summed E-state index contributed by atoms with van der Waals surface area (Å²) < 4.78 is 5.28. The average Bonchev–Trinajstić information content (AvgIpc) is 2.33. The van der Waals surface area contributed by atoms with Crippen molar-refractivity contribution in [2.75, 3.05) is 7.11 Å². The molecule has 0 aliphatic heterocycles. The van der Waals surface area contributed by atoms with Crippen molar-refractivity contribution in [3.8, 4) is 5.75 Å². The molecule has 0 atom stereocenters. The monoisotopic (exact) mass is 254 g/mol. The van der Waals surface area contributed by atoms with Gasteiger partial charge in [0.05, 0.1) is 19.9 Å². The summed E-state index contributed by atoms with van der Waals surface area (Å²) in [7, 11) is 7.30. The van der Waals surface area contributed by atoms with Crippen molar-refractivity contribution in [2.24, 2.45) is 0 Å². The molecule has 0 amide bonds. The fraction of sp³-hybridized carbons (Fsp3) is 0.500. The fourth-order valence-corrected chi connectivity index (χ4v) is 2.13. The van der Waals surface area contributed by atoms with Crippen LogP contribution in [0.15, 0.2) is 9.79 Å². The van der Waals surface area contributed by atoms with E-state index in [9.17, 15) is 0 Å². The first-order chi connectivity index (χ1) is 7.54. The smallest absolute Gasteiger partial charge is 0.135 e. The molecule has 0 saturated carbocycles. The molecule has 0 aromatic heterocycles. The molecule has 1 aromatic rings. The minimum absolute atomic E-state index is 0.456. The van der Waals surface area contributed by atoms with E-state index in [0.717, 1.165) is 32.2 Å². The van der Waals surface area contributed by atoms with E-state index in [4.69, 9.17) is 12.6 Å². The first-order valence-corrected chi connectivity index (χ1v) is 6.22. The zero-order valence-corrected chi connectivity index (χ0v) is 12.4. The van der Waals surface area contributed by atoms with Gasteiger partial charge in [-0.25, -0.2) is 0 Å². The molecule has 1 nitrogen and oxygen atoms in total. The third kappa shape index (κ3) is 2.92. The van der Waals surface area contributed by atoms with E-state index in [-0.39, 0.29) is 0 Å². The second-order valence-corrected chi connectivity index (χ2v) is 4.06. The van der Waals surface area contributed by atoms with Crippen molar-refractivity contribution < 1.29 is 4.74 Å². The summed E-state index contributed by atoms with van der Waals surface area (Å²) in [6.07, 6.45) is 0.456. The highest BCUT2D eigenvalue weighted by molar-refractivity contribution is 7.83. The quantitative estimate of drug-likeness (QED) is 0.606. The van der Waals surface area contributed by atoms with Crippen molar-refractivity contribution in [2.45, 2.75) is 43.8 Å². The van der Waals surface area contributed by atoms with Crippen molar-refractivity contribution in [1.82, 2.24) is 0 Å². The van der Waals surface area contributed by atoms with E-state index in [2.05, 4.69) is 25.3 Å². The molecular formula is C12H19BOS2. The third-order valence-electron chi connectivity index (χ3n) is 2.49. The van der Waals surface area contributed by atoms with Crippen molar-refractivity contribution in [3.63, 3.8) is 0 Å². The highest BCUT2D eigenvalue weighted by atomic mass is 32.1. The maximum absolute atomic E-state index is 5.68. The number of ether oxygens (including phenoxy) is 1. The van der Waals surface area contributed by atoms with Gasteiger partial charge in [-0.3, -0.25) is 0 Å². The van der Waals surface area contributed by atoms with Gasteiger partial charge in [-0.2, -0.15) is 0 Å². The Morgan fingerprint density at radius 2 is 1.56 bits per heavy atom. The van der Waals surface area contributed by atoms with Crippen LogP contribution in [0.1, 0.15) is 30.5 Å². The van der Waals surface area contributed by atoms with Gasteiger partial charge in [0.1, 0.15) is 5.75 Å². The number of hydrogen-bond acceptors (Lipinski definition) is 3. The Bertz CT molecular complexity index is 330. The summed E-state index contributed by atoms with van der Waals surface area (Å²) in [6, 6.07) is 0. The van der Waals surface area contributed by atoms with E-state index in [0.29, 0.717) is 6.32 Å². The maximum atomic E-state index is 5.68. The second kappa shape index (κ2) is 7.18. The van der Waals surface area contributed by atoms with Crippen LogP contribution in [0.2, 0.25) is 0 Å². The molecule has 0 bridgehead atoms. The Morgan fingerprint density at radius 3 is 1.94 bits per heavy atom. The van der Waals surface area contributed by atoms with Gasteiger partial charge >= 0.3 is 0 Å². The summed E-state index contributed by atoms with van der Waals surface area (Å²) in [5.74, 6) is 0.740. The van der Waals surface area contributed by atoms with Crippen molar-refractivity contribution in [1.29, 1.82) is 0 Å². The van der Waals surface area contributed by atoms with E-state index in [1.54, 1.807) is 7.11 Å². The molecule has 4 heteroatoms. The first kappa shape index (κ1) is 15.8. The molecule has 0 saturated heterocycles. The molecule has 0 heterocycles. The van der Waals surface area contributed by atoms with E-state index in [1.807, 2.05) is 27.7 Å². The lowest BCUT2D eigenvalue weighted by atomic mass is 9.90. The summed E-state index contributed by atoms with van der Waals surface area (Å²) >= 11 is 8.77. The minimum atomic E-state index is 0.456. The maximum Gasteiger partial charge on any atom is 0.135 e. The summed E-state index contributed by atoms with van der Waals surface area (Å²) in [4.78, 5) is 1.62. The molecule has 16 heavy (non-hydrogen) atoms. The Morgan fingerprint density at radius 1 is 1.06 bits per heavy atom. The van der Waals surface area contributed by atoms with Crippen molar-refractivity contribution >= 4 is 33.1 Å². The predicted octanol–water partition coefficient (Wildman–Crippen LogP) is 3.58. The van der Waals surface area contributed by atoms with Crippen LogP contribution in [0.3, 0.4) is 0 Å². The Kier molecular flexibility index (Phi) is 7.08. The number of rotatable bonds is 2. The lowest BCUT2D eigenvalue weighted by Gasteiger charge is -2.17. The topological polar surface area (TPSA) is 9.23 Å². The Hall–Kier alpha value is -0.215. The molecular weight excluding hydrogens is 235 g/mol. The number of benzene rings is 1. The summed E-state index contributed by atoms with van der Waals surface area (Å²) in [5, 5.41) is 0. The van der Waals surface area contributed by atoms with Crippen LogP contribution < -0.4 is 4.74 Å². The van der Waals surface area contributed by atoms with Crippen LogP contribution in [-0.2, 0) is 6.32 Å². The number of hydrogen-bond donors (Lipinski definition) is 2. The molecule has 1 rings (SSSR count). The molecule has 0 unspecified atom stereocenters. The Balaban J connectivity index is 0.00000106. The SMILES string of the molecule is CC.[B]Cc1c(C)c(C)c(S)c(S)c1OC. The van der Waals surface area contributed by atoms with Gasteiger partial charge in [-0.1, -0.05) is 20.2 Å². The van der Waals surface area contributed by atoms with Crippen LogP contribution in [0.5, 0.6) is 5.75 Å². The number of methoxy groups -OCH3 is 1. The van der Waals surface area contributed by atoms with Crippen LogP contribution in [0.4, 0.5) is 0 Å². The molecule has 88 valence electrons.